The lowest BCUT2D eigenvalue weighted by Gasteiger charge is -2.22. The Balaban J connectivity index is 1.68. The van der Waals surface area contributed by atoms with Gasteiger partial charge in [0.2, 0.25) is 0 Å². The molecule has 2 aliphatic rings. The van der Waals surface area contributed by atoms with Crippen molar-refractivity contribution in [3.05, 3.63) is 17.7 Å². The van der Waals surface area contributed by atoms with Gasteiger partial charge in [-0.2, -0.15) is 0 Å². The molecule has 3 nitrogen and oxygen atoms in total. The molecule has 0 atom stereocenters. The van der Waals surface area contributed by atoms with Gasteiger partial charge in [-0.25, -0.2) is 4.98 Å². The lowest BCUT2D eigenvalue weighted by atomic mass is 9.94. The molecule has 1 saturated carbocycles. The van der Waals surface area contributed by atoms with Crippen molar-refractivity contribution in [2.24, 2.45) is 11.8 Å². The van der Waals surface area contributed by atoms with Gasteiger partial charge in [0, 0.05) is 24.9 Å². The van der Waals surface area contributed by atoms with Crippen LogP contribution in [0.3, 0.4) is 0 Å². The van der Waals surface area contributed by atoms with E-state index in [4.69, 9.17) is 0 Å². The number of hydrogen-bond acceptors (Lipinski definition) is 2. The van der Waals surface area contributed by atoms with Crippen molar-refractivity contribution in [2.45, 2.75) is 45.6 Å². The highest BCUT2D eigenvalue weighted by molar-refractivity contribution is 5.05. The zero-order valence-electron chi connectivity index (χ0n) is 10.8. The number of rotatable bonds is 4. The molecule has 0 spiro atoms. The van der Waals surface area contributed by atoms with E-state index in [0.717, 1.165) is 11.8 Å². The molecule has 1 aliphatic carbocycles. The quantitative estimate of drug-likeness (QED) is 0.863. The van der Waals surface area contributed by atoms with Crippen LogP contribution in [0.1, 0.15) is 37.2 Å². The van der Waals surface area contributed by atoms with Gasteiger partial charge in [0.25, 0.3) is 0 Å². The molecule has 1 aromatic heterocycles. The minimum absolute atomic E-state index is 0.844. The topological polar surface area (TPSA) is 29.9 Å². The van der Waals surface area contributed by atoms with Gasteiger partial charge in [0.05, 0.1) is 0 Å². The molecule has 1 saturated heterocycles. The first kappa shape index (κ1) is 11.3. The molecule has 0 unspecified atom stereocenters. The fourth-order valence-electron chi connectivity index (χ4n) is 2.83. The lowest BCUT2D eigenvalue weighted by Crippen LogP contribution is -2.29. The maximum atomic E-state index is 4.63. The van der Waals surface area contributed by atoms with Gasteiger partial charge in [0.15, 0.2) is 0 Å². The second kappa shape index (κ2) is 4.81. The molecule has 2 heterocycles. The van der Waals surface area contributed by atoms with E-state index in [2.05, 4.69) is 28.0 Å². The van der Waals surface area contributed by atoms with Crippen LogP contribution in [0, 0.1) is 18.8 Å². The second-order valence-corrected chi connectivity index (χ2v) is 5.77. The monoisotopic (exact) mass is 233 g/mol. The Hall–Kier alpha value is -0.830. The maximum absolute atomic E-state index is 4.63. The Morgan fingerprint density at radius 2 is 2.00 bits per heavy atom. The van der Waals surface area contributed by atoms with Crippen molar-refractivity contribution in [1.82, 2.24) is 14.9 Å². The largest absolute Gasteiger partial charge is 0.332 e. The summed E-state index contributed by atoms with van der Waals surface area (Å²) < 4.78 is 2.47. The molecule has 2 fully saturated rings. The summed E-state index contributed by atoms with van der Waals surface area (Å²) in [4.78, 5) is 4.63. The molecule has 17 heavy (non-hydrogen) atoms. The summed E-state index contributed by atoms with van der Waals surface area (Å²) in [6.07, 6.45) is 8.71. The van der Waals surface area contributed by atoms with Crippen LogP contribution in [0.5, 0.6) is 0 Å². The predicted octanol–water partition coefficient (Wildman–Crippen LogP) is 2.14. The van der Waals surface area contributed by atoms with Crippen LogP contribution in [0.2, 0.25) is 0 Å². The first-order chi connectivity index (χ1) is 8.33. The molecular weight excluding hydrogens is 210 g/mol. The molecule has 3 rings (SSSR count). The average molecular weight is 233 g/mol. The van der Waals surface area contributed by atoms with Crippen molar-refractivity contribution < 1.29 is 0 Å². The summed E-state index contributed by atoms with van der Waals surface area (Å²) in [7, 11) is 0. The van der Waals surface area contributed by atoms with E-state index < -0.39 is 0 Å². The first-order valence-electron chi connectivity index (χ1n) is 7.04. The lowest BCUT2D eigenvalue weighted by molar-refractivity contribution is 0.361. The van der Waals surface area contributed by atoms with E-state index in [0.29, 0.717) is 0 Å². The summed E-state index contributed by atoms with van der Waals surface area (Å²) in [5.74, 6) is 3.12. The summed E-state index contributed by atoms with van der Waals surface area (Å²) in [5.41, 5.74) is 1.35. The molecule has 0 aromatic carbocycles. The van der Waals surface area contributed by atoms with Crippen molar-refractivity contribution >= 4 is 0 Å². The number of aryl methyl sites for hydroxylation is 1. The van der Waals surface area contributed by atoms with Crippen molar-refractivity contribution in [1.29, 1.82) is 0 Å². The Kier molecular flexibility index (Phi) is 3.19. The zero-order valence-corrected chi connectivity index (χ0v) is 10.8. The maximum Gasteiger partial charge on any atom is 0.109 e. The highest BCUT2D eigenvalue weighted by atomic mass is 15.1. The molecule has 1 aliphatic heterocycles. The third kappa shape index (κ3) is 2.71. The van der Waals surface area contributed by atoms with Gasteiger partial charge in [-0.3, -0.25) is 0 Å². The number of piperidine rings is 1. The Morgan fingerprint density at radius 1 is 1.24 bits per heavy atom. The van der Waals surface area contributed by atoms with Gasteiger partial charge in [-0.05, 0) is 57.5 Å². The molecular formula is C14H23N3. The molecule has 1 aromatic rings. The summed E-state index contributed by atoms with van der Waals surface area (Å²) >= 11 is 0. The Labute approximate surface area is 104 Å². The smallest absolute Gasteiger partial charge is 0.109 e. The van der Waals surface area contributed by atoms with Gasteiger partial charge >= 0.3 is 0 Å². The van der Waals surface area contributed by atoms with Gasteiger partial charge < -0.3 is 9.88 Å². The van der Waals surface area contributed by atoms with Crippen LogP contribution in [-0.4, -0.2) is 22.6 Å². The van der Waals surface area contributed by atoms with Crippen LogP contribution in [0.15, 0.2) is 6.20 Å². The van der Waals surface area contributed by atoms with Crippen LogP contribution in [-0.2, 0) is 13.0 Å². The van der Waals surface area contributed by atoms with E-state index >= 15 is 0 Å². The van der Waals surface area contributed by atoms with Crippen molar-refractivity contribution in [2.75, 3.05) is 13.1 Å². The molecule has 0 amide bonds. The molecule has 0 bridgehead atoms. The number of nitrogens with one attached hydrogen (secondary N) is 1. The van der Waals surface area contributed by atoms with Crippen LogP contribution in [0.25, 0.3) is 0 Å². The highest BCUT2D eigenvalue weighted by Crippen LogP contribution is 2.32. The fourth-order valence-corrected chi connectivity index (χ4v) is 2.83. The minimum atomic E-state index is 0.844. The van der Waals surface area contributed by atoms with Gasteiger partial charge in [0.1, 0.15) is 5.82 Å². The molecule has 94 valence electrons. The van der Waals surface area contributed by atoms with Crippen LogP contribution >= 0.6 is 0 Å². The number of imidazole rings is 1. The Bertz CT molecular complexity index is 373. The SMILES string of the molecule is Cc1cnc(CC2CCNCC2)n1CC1CC1. The Morgan fingerprint density at radius 3 is 2.71 bits per heavy atom. The van der Waals surface area contributed by atoms with E-state index in [1.54, 1.807) is 0 Å². The standard InChI is InChI=1S/C14H23N3/c1-11-9-16-14(17(11)10-13-2-3-13)8-12-4-6-15-7-5-12/h9,12-13,15H,2-8,10H2,1H3. The first-order valence-corrected chi connectivity index (χ1v) is 7.04. The normalized spacial score (nSPS) is 21.9. The molecule has 3 heteroatoms. The second-order valence-electron chi connectivity index (χ2n) is 5.77. The number of aromatic nitrogens is 2. The van der Waals surface area contributed by atoms with Crippen molar-refractivity contribution in [3.8, 4) is 0 Å². The average Bonchev–Trinajstić information content (AvgIpc) is 3.10. The van der Waals surface area contributed by atoms with Gasteiger partial charge in [-0.15, -0.1) is 0 Å². The van der Waals surface area contributed by atoms with E-state index in [1.807, 2.05) is 0 Å². The summed E-state index contributed by atoms with van der Waals surface area (Å²) in [5, 5.41) is 3.44. The molecule has 0 radical (unpaired) electrons. The zero-order chi connectivity index (χ0) is 11.7. The minimum Gasteiger partial charge on any atom is -0.332 e. The van der Waals surface area contributed by atoms with E-state index in [9.17, 15) is 0 Å². The summed E-state index contributed by atoms with van der Waals surface area (Å²) in [6.45, 7) is 5.79. The highest BCUT2D eigenvalue weighted by Gasteiger charge is 2.24. The van der Waals surface area contributed by atoms with Crippen molar-refractivity contribution in [3.63, 3.8) is 0 Å². The number of nitrogens with zero attached hydrogens (tertiary/aromatic N) is 2. The van der Waals surface area contributed by atoms with Gasteiger partial charge in [-0.1, -0.05) is 0 Å². The van der Waals surface area contributed by atoms with E-state index in [-0.39, 0.29) is 0 Å². The van der Waals surface area contributed by atoms with Crippen LogP contribution < -0.4 is 5.32 Å². The van der Waals surface area contributed by atoms with E-state index in [1.165, 1.54) is 63.3 Å². The summed E-state index contributed by atoms with van der Waals surface area (Å²) in [6, 6.07) is 0. The van der Waals surface area contributed by atoms with Crippen LogP contribution in [0.4, 0.5) is 0 Å². The third-order valence-corrected chi connectivity index (χ3v) is 4.21. The fraction of sp³-hybridized carbons (Fsp3) is 0.786. The predicted molar refractivity (Wildman–Crippen MR) is 69.0 cm³/mol. The number of hydrogen-bond donors (Lipinski definition) is 1. The third-order valence-electron chi connectivity index (χ3n) is 4.21. The molecule has 1 N–H and O–H groups in total.